The highest BCUT2D eigenvalue weighted by molar-refractivity contribution is 5.99. The number of hydrogen-bond acceptors (Lipinski definition) is 6. The van der Waals surface area contributed by atoms with E-state index in [0.717, 1.165) is 23.6 Å². The summed E-state index contributed by atoms with van der Waals surface area (Å²) >= 11 is 0. The molecule has 2 heterocycles. The van der Waals surface area contributed by atoms with Gasteiger partial charge in [-0.1, -0.05) is 20.8 Å². The van der Waals surface area contributed by atoms with E-state index in [4.69, 9.17) is 14.6 Å². The maximum Gasteiger partial charge on any atom is 0.324 e. The third-order valence-corrected chi connectivity index (χ3v) is 5.61. The molecule has 0 fully saturated rings. The Labute approximate surface area is 223 Å². The Morgan fingerprint density at radius 2 is 1.55 bits per heavy atom. The lowest BCUT2D eigenvalue weighted by Crippen LogP contribution is -2.21. The summed E-state index contributed by atoms with van der Waals surface area (Å²) in [5, 5.41) is 13.9. The molecule has 9 nitrogen and oxygen atoms in total. The van der Waals surface area contributed by atoms with Crippen LogP contribution in [0.15, 0.2) is 79.1 Å². The van der Waals surface area contributed by atoms with E-state index in [1.54, 1.807) is 53.5 Å². The standard InChI is InChI=1S/C29H34N6O3/c1-5-37-19-18-31-21-6-10-23(11-7-21)35-27(20-26(34-35)29(2,3)4)33-28(36)32-22-8-12-24(13-9-22)38-25-14-16-30-17-15-25/h6-17,20,31H,5,18-19H2,1-4H3,(H2,32,33,36). The number of anilines is 3. The number of benzene rings is 2. The molecule has 0 bridgehead atoms. The van der Waals surface area contributed by atoms with E-state index in [2.05, 4.69) is 41.7 Å². The van der Waals surface area contributed by atoms with Gasteiger partial charge in [0.2, 0.25) is 0 Å². The van der Waals surface area contributed by atoms with Gasteiger partial charge in [-0.05, 0) is 67.6 Å². The van der Waals surface area contributed by atoms with Gasteiger partial charge in [0.25, 0.3) is 0 Å². The maximum absolute atomic E-state index is 12.9. The highest BCUT2D eigenvalue weighted by Crippen LogP contribution is 2.27. The van der Waals surface area contributed by atoms with Crippen LogP contribution in [0, 0.1) is 0 Å². The number of amides is 2. The monoisotopic (exact) mass is 514 g/mol. The fourth-order valence-corrected chi connectivity index (χ4v) is 3.59. The van der Waals surface area contributed by atoms with Crippen molar-refractivity contribution >= 4 is 23.2 Å². The quantitative estimate of drug-likeness (QED) is 0.210. The largest absolute Gasteiger partial charge is 0.457 e. The summed E-state index contributed by atoms with van der Waals surface area (Å²) in [6.07, 6.45) is 3.33. The minimum Gasteiger partial charge on any atom is -0.457 e. The van der Waals surface area contributed by atoms with Crippen LogP contribution in [0.4, 0.5) is 22.0 Å². The fourth-order valence-electron chi connectivity index (χ4n) is 3.59. The summed E-state index contributed by atoms with van der Waals surface area (Å²) in [4.78, 5) is 16.9. The summed E-state index contributed by atoms with van der Waals surface area (Å²) in [5.41, 5.74) is 3.13. The molecule has 0 saturated heterocycles. The Hall–Kier alpha value is -4.37. The summed E-state index contributed by atoms with van der Waals surface area (Å²) in [5.74, 6) is 1.92. The van der Waals surface area contributed by atoms with Crippen LogP contribution >= 0.6 is 0 Å². The molecule has 0 aliphatic heterocycles. The summed E-state index contributed by atoms with van der Waals surface area (Å²) in [7, 11) is 0. The van der Waals surface area contributed by atoms with E-state index in [0.29, 0.717) is 36.2 Å². The minimum atomic E-state index is -0.372. The van der Waals surface area contributed by atoms with Crippen molar-refractivity contribution in [3.63, 3.8) is 0 Å². The zero-order chi connectivity index (χ0) is 27.0. The smallest absolute Gasteiger partial charge is 0.324 e. The normalized spacial score (nSPS) is 11.2. The molecular formula is C29H34N6O3. The van der Waals surface area contributed by atoms with Crippen molar-refractivity contribution in [2.24, 2.45) is 0 Å². The summed E-state index contributed by atoms with van der Waals surface area (Å²) < 4.78 is 12.9. The average Bonchev–Trinajstić information content (AvgIpc) is 3.33. The predicted molar refractivity (Wildman–Crippen MR) is 151 cm³/mol. The van der Waals surface area contributed by atoms with Gasteiger partial charge in [0.15, 0.2) is 0 Å². The topological polar surface area (TPSA) is 102 Å². The van der Waals surface area contributed by atoms with Gasteiger partial charge >= 0.3 is 6.03 Å². The van der Waals surface area contributed by atoms with E-state index >= 15 is 0 Å². The van der Waals surface area contributed by atoms with Crippen molar-refractivity contribution in [3.05, 3.63) is 84.8 Å². The van der Waals surface area contributed by atoms with Crippen molar-refractivity contribution in [1.82, 2.24) is 14.8 Å². The van der Waals surface area contributed by atoms with Crippen LogP contribution in [0.2, 0.25) is 0 Å². The molecular weight excluding hydrogens is 480 g/mol. The van der Waals surface area contributed by atoms with Crippen molar-refractivity contribution < 1.29 is 14.3 Å². The number of pyridine rings is 1. The molecule has 3 N–H and O–H groups in total. The van der Waals surface area contributed by atoms with Gasteiger partial charge in [0, 0.05) is 48.4 Å². The van der Waals surface area contributed by atoms with E-state index in [1.165, 1.54) is 0 Å². The van der Waals surface area contributed by atoms with Crippen LogP contribution < -0.4 is 20.7 Å². The van der Waals surface area contributed by atoms with Gasteiger partial charge < -0.3 is 20.1 Å². The van der Waals surface area contributed by atoms with Crippen LogP contribution in [-0.4, -0.2) is 40.6 Å². The molecule has 2 aromatic carbocycles. The van der Waals surface area contributed by atoms with Crippen LogP contribution in [0.3, 0.4) is 0 Å². The predicted octanol–water partition coefficient (Wildman–Crippen LogP) is 6.45. The Morgan fingerprint density at radius 1 is 0.895 bits per heavy atom. The molecule has 0 aliphatic rings. The van der Waals surface area contributed by atoms with Crippen LogP contribution in [0.5, 0.6) is 11.5 Å². The highest BCUT2D eigenvalue weighted by atomic mass is 16.5. The van der Waals surface area contributed by atoms with Crippen LogP contribution in [0.1, 0.15) is 33.4 Å². The molecule has 0 saturated carbocycles. The fraction of sp³-hybridized carbons (Fsp3) is 0.276. The molecule has 0 spiro atoms. The number of carbonyl (C=O) groups excluding carboxylic acids is 1. The number of rotatable bonds is 10. The second-order valence-corrected chi connectivity index (χ2v) is 9.64. The molecule has 0 atom stereocenters. The second kappa shape index (κ2) is 12.2. The first kappa shape index (κ1) is 26.7. The Bertz CT molecular complexity index is 1310. The SMILES string of the molecule is CCOCCNc1ccc(-n2nc(C(C)(C)C)cc2NC(=O)Nc2ccc(Oc3ccncc3)cc2)cc1. The number of carbonyl (C=O) groups is 1. The second-order valence-electron chi connectivity index (χ2n) is 9.64. The van der Waals surface area contributed by atoms with Crippen LogP contribution in [-0.2, 0) is 10.2 Å². The first-order valence-electron chi connectivity index (χ1n) is 12.6. The molecule has 38 heavy (non-hydrogen) atoms. The Morgan fingerprint density at radius 3 is 2.21 bits per heavy atom. The van der Waals surface area contributed by atoms with E-state index < -0.39 is 0 Å². The molecule has 198 valence electrons. The first-order chi connectivity index (χ1) is 18.3. The van der Waals surface area contributed by atoms with Crippen molar-refractivity contribution in [2.45, 2.75) is 33.1 Å². The molecule has 4 rings (SSSR count). The van der Waals surface area contributed by atoms with E-state index in [1.807, 2.05) is 37.3 Å². The number of aromatic nitrogens is 3. The lowest BCUT2D eigenvalue weighted by molar-refractivity contribution is 0.158. The lowest BCUT2D eigenvalue weighted by atomic mass is 9.92. The number of ether oxygens (including phenoxy) is 2. The van der Waals surface area contributed by atoms with Gasteiger partial charge in [-0.15, -0.1) is 0 Å². The number of nitrogens with one attached hydrogen (secondary N) is 3. The number of nitrogens with zero attached hydrogens (tertiary/aromatic N) is 3. The Kier molecular flexibility index (Phi) is 8.60. The third-order valence-electron chi connectivity index (χ3n) is 5.61. The van der Waals surface area contributed by atoms with Crippen molar-refractivity contribution in [2.75, 3.05) is 35.7 Å². The zero-order valence-corrected chi connectivity index (χ0v) is 22.2. The van der Waals surface area contributed by atoms with Crippen LogP contribution in [0.25, 0.3) is 5.69 Å². The maximum atomic E-state index is 12.9. The van der Waals surface area contributed by atoms with Gasteiger partial charge in [-0.3, -0.25) is 10.3 Å². The molecule has 2 aromatic heterocycles. The molecule has 0 radical (unpaired) electrons. The molecule has 2 amide bonds. The van der Waals surface area contributed by atoms with Gasteiger partial charge in [-0.25, -0.2) is 9.48 Å². The zero-order valence-electron chi connectivity index (χ0n) is 22.2. The highest BCUT2D eigenvalue weighted by Gasteiger charge is 2.21. The summed E-state index contributed by atoms with van der Waals surface area (Å²) in [6.45, 7) is 10.3. The lowest BCUT2D eigenvalue weighted by Gasteiger charge is -2.14. The molecule has 9 heteroatoms. The van der Waals surface area contributed by atoms with Crippen molar-refractivity contribution in [3.8, 4) is 17.2 Å². The third kappa shape index (κ3) is 7.33. The van der Waals surface area contributed by atoms with E-state index in [9.17, 15) is 4.79 Å². The summed E-state index contributed by atoms with van der Waals surface area (Å²) in [6, 6.07) is 20.1. The number of urea groups is 1. The molecule has 0 aliphatic carbocycles. The van der Waals surface area contributed by atoms with E-state index in [-0.39, 0.29) is 11.4 Å². The minimum absolute atomic E-state index is 0.191. The first-order valence-corrected chi connectivity index (χ1v) is 12.6. The average molecular weight is 515 g/mol. The molecule has 0 unspecified atom stereocenters. The van der Waals surface area contributed by atoms with Gasteiger partial charge in [0.05, 0.1) is 18.0 Å². The van der Waals surface area contributed by atoms with Gasteiger partial charge in [0.1, 0.15) is 17.3 Å². The van der Waals surface area contributed by atoms with Crippen molar-refractivity contribution in [1.29, 1.82) is 0 Å². The number of hydrogen-bond donors (Lipinski definition) is 3. The Balaban J connectivity index is 1.44. The molecule has 4 aromatic rings. The van der Waals surface area contributed by atoms with Gasteiger partial charge in [-0.2, -0.15) is 5.10 Å².